The number of carboxylic acid groups (broad SMARTS) is 3. The van der Waals surface area contributed by atoms with E-state index in [-0.39, 0.29) is 31.6 Å². The van der Waals surface area contributed by atoms with Crippen LogP contribution in [0.5, 0.6) is 0 Å². The Kier molecular flexibility index (Phi) is 12.7. The number of nitrogens with one attached hydrogen (secondary N) is 4. The zero-order valence-corrected chi connectivity index (χ0v) is 20.6. The number of rotatable bonds is 17. The molecule has 0 aromatic carbocycles. The zero-order valence-electron chi connectivity index (χ0n) is 20.6. The molecule has 4 atom stereocenters. The van der Waals surface area contributed by atoms with Gasteiger partial charge < -0.3 is 42.0 Å². The van der Waals surface area contributed by atoms with Crippen molar-refractivity contribution in [3.8, 4) is 0 Å². The molecule has 0 spiro atoms. The molecule has 37 heavy (non-hydrogen) atoms. The monoisotopic (exact) mass is 526 g/mol. The summed E-state index contributed by atoms with van der Waals surface area (Å²) in [6.07, 6.45) is 1.24. The number of imidazole rings is 1. The number of nitrogens with zero attached hydrogens (tertiary/aromatic N) is 1. The summed E-state index contributed by atoms with van der Waals surface area (Å²) in [7, 11) is 0. The van der Waals surface area contributed by atoms with Crippen LogP contribution in [0, 0.1) is 5.92 Å². The van der Waals surface area contributed by atoms with Crippen LogP contribution in [0.25, 0.3) is 0 Å². The maximum Gasteiger partial charge on any atom is 0.326 e. The van der Waals surface area contributed by atoms with Gasteiger partial charge in [0.25, 0.3) is 0 Å². The van der Waals surface area contributed by atoms with Crippen molar-refractivity contribution in [3.63, 3.8) is 0 Å². The molecule has 0 radical (unpaired) electrons. The summed E-state index contributed by atoms with van der Waals surface area (Å²) in [5.74, 6) is -6.55. The summed E-state index contributed by atoms with van der Waals surface area (Å²) in [5, 5.41) is 34.4. The van der Waals surface area contributed by atoms with E-state index in [1.54, 1.807) is 13.8 Å². The molecule has 0 saturated heterocycles. The number of aliphatic carboxylic acids is 3. The van der Waals surface area contributed by atoms with E-state index >= 15 is 0 Å². The Hall–Kier alpha value is -4.01. The van der Waals surface area contributed by atoms with Crippen LogP contribution in [0.15, 0.2) is 12.5 Å². The van der Waals surface area contributed by atoms with E-state index < -0.39 is 72.6 Å². The standard InChI is InChI=1S/C22H34N6O9/c1-11(2)7-16(22(36)37)28-21(35)15(4-6-18(31)32)27-20(34)14(3-5-17(29)30)26-19(33)13(23)8-12-9-24-10-25-12/h9-11,13-16H,3-8,23H2,1-2H3,(H,24,25)(H,26,33)(H,27,34)(H,28,35)(H,29,30)(H,31,32)(H,36,37). The number of hydrogen-bond donors (Lipinski definition) is 8. The van der Waals surface area contributed by atoms with Gasteiger partial charge in [-0.15, -0.1) is 0 Å². The third-order valence-electron chi connectivity index (χ3n) is 5.21. The van der Waals surface area contributed by atoms with Gasteiger partial charge in [0, 0.05) is 31.2 Å². The second-order valence-corrected chi connectivity index (χ2v) is 8.90. The van der Waals surface area contributed by atoms with Gasteiger partial charge in [-0.1, -0.05) is 13.8 Å². The first-order chi connectivity index (χ1) is 17.3. The predicted octanol–water partition coefficient (Wildman–Crippen LogP) is -1.41. The number of carboxylic acids is 3. The van der Waals surface area contributed by atoms with Crippen molar-refractivity contribution in [2.24, 2.45) is 11.7 Å². The fraction of sp³-hybridized carbons (Fsp3) is 0.591. The van der Waals surface area contributed by atoms with E-state index in [2.05, 4.69) is 25.9 Å². The Balaban J connectivity index is 3.01. The molecule has 9 N–H and O–H groups in total. The smallest absolute Gasteiger partial charge is 0.326 e. The maximum absolute atomic E-state index is 13.0. The van der Waals surface area contributed by atoms with Gasteiger partial charge in [-0.3, -0.25) is 24.0 Å². The van der Waals surface area contributed by atoms with Crippen LogP contribution in [0.4, 0.5) is 0 Å². The average molecular weight is 527 g/mol. The lowest BCUT2D eigenvalue weighted by molar-refractivity contribution is -0.143. The van der Waals surface area contributed by atoms with E-state index in [9.17, 15) is 33.9 Å². The number of carbonyl (C=O) groups excluding carboxylic acids is 3. The van der Waals surface area contributed by atoms with Crippen LogP contribution in [0.3, 0.4) is 0 Å². The highest BCUT2D eigenvalue weighted by Crippen LogP contribution is 2.08. The van der Waals surface area contributed by atoms with E-state index in [0.29, 0.717) is 5.69 Å². The van der Waals surface area contributed by atoms with Gasteiger partial charge in [0.2, 0.25) is 17.7 Å². The highest BCUT2D eigenvalue weighted by atomic mass is 16.4. The van der Waals surface area contributed by atoms with Gasteiger partial charge in [0.05, 0.1) is 12.4 Å². The first kappa shape index (κ1) is 31.0. The minimum absolute atomic E-state index is 0.0508. The van der Waals surface area contributed by atoms with Crippen LogP contribution < -0.4 is 21.7 Å². The van der Waals surface area contributed by atoms with Gasteiger partial charge in [-0.25, -0.2) is 9.78 Å². The lowest BCUT2D eigenvalue weighted by atomic mass is 10.0. The summed E-state index contributed by atoms with van der Waals surface area (Å²) in [4.78, 5) is 78.6. The van der Waals surface area contributed by atoms with Crippen LogP contribution in [-0.4, -0.2) is 85.1 Å². The molecular weight excluding hydrogens is 492 g/mol. The van der Waals surface area contributed by atoms with Crippen LogP contribution in [0.2, 0.25) is 0 Å². The third kappa shape index (κ3) is 12.0. The molecular formula is C22H34N6O9. The fourth-order valence-electron chi connectivity index (χ4n) is 3.32. The molecule has 1 aromatic rings. The van der Waals surface area contributed by atoms with E-state index in [0.717, 1.165) is 0 Å². The van der Waals surface area contributed by atoms with E-state index in [4.69, 9.17) is 15.9 Å². The van der Waals surface area contributed by atoms with Crippen molar-refractivity contribution >= 4 is 35.6 Å². The summed E-state index contributed by atoms with van der Waals surface area (Å²) < 4.78 is 0. The SMILES string of the molecule is CC(C)CC(NC(=O)C(CCC(=O)O)NC(=O)C(CCC(=O)O)NC(=O)C(N)Cc1cnc[nH]1)C(=O)O. The third-order valence-corrected chi connectivity index (χ3v) is 5.21. The quantitative estimate of drug-likeness (QED) is 0.117. The number of aromatic nitrogens is 2. The van der Waals surface area contributed by atoms with Gasteiger partial charge in [0.1, 0.15) is 18.1 Å². The maximum atomic E-state index is 13.0. The Morgan fingerprint density at radius 1 is 0.865 bits per heavy atom. The zero-order chi connectivity index (χ0) is 28.1. The average Bonchev–Trinajstić information content (AvgIpc) is 3.30. The Morgan fingerprint density at radius 2 is 1.35 bits per heavy atom. The molecule has 0 saturated carbocycles. The Labute approximate surface area is 212 Å². The first-order valence-electron chi connectivity index (χ1n) is 11.6. The summed E-state index contributed by atoms with van der Waals surface area (Å²) in [6.45, 7) is 3.50. The number of H-pyrrole nitrogens is 1. The van der Waals surface area contributed by atoms with Gasteiger partial charge in [-0.05, 0) is 25.2 Å². The largest absolute Gasteiger partial charge is 0.481 e. The van der Waals surface area contributed by atoms with Gasteiger partial charge in [0.15, 0.2) is 0 Å². The molecule has 206 valence electrons. The number of hydrogen-bond acceptors (Lipinski definition) is 8. The molecule has 1 heterocycles. The first-order valence-corrected chi connectivity index (χ1v) is 11.6. The minimum atomic E-state index is -1.46. The second-order valence-electron chi connectivity index (χ2n) is 8.90. The number of carbonyl (C=O) groups is 6. The van der Waals surface area contributed by atoms with E-state index in [1.165, 1.54) is 12.5 Å². The molecule has 1 rings (SSSR count). The van der Waals surface area contributed by atoms with Crippen LogP contribution in [-0.2, 0) is 35.2 Å². The molecule has 15 heteroatoms. The normalized spacial score (nSPS) is 14.2. The van der Waals surface area contributed by atoms with Crippen molar-refractivity contribution in [1.29, 1.82) is 0 Å². The molecule has 0 aliphatic carbocycles. The number of nitrogens with two attached hydrogens (primary N) is 1. The lowest BCUT2D eigenvalue weighted by Crippen LogP contribution is -2.57. The minimum Gasteiger partial charge on any atom is -0.481 e. The van der Waals surface area contributed by atoms with Gasteiger partial charge >= 0.3 is 17.9 Å². The van der Waals surface area contributed by atoms with Crippen molar-refractivity contribution in [3.05, 3.63) is 18.2 Å². The Morgan fingerprint density at radius 3 is 1.76 bits per heavy atom. The molecule has 1 aromatic heterocycles. The van der Waals surface area contributed by atoms with Crippen molar-refractivity contribution in [2.45, 2.75) is 76.5 Å². The molecule has 0 fully saturated rings. The van der Waals surface area contributed by atoms with Crippen LogP contribution in [0.1, 0.15) is 51.6 Å². The molecule has 0 aliphatic rings. The number of aromatic amines is 1. The highest BCUT2D eigenvalue weighted by molar-refractivity contribution is 5.94. The molecule has 4 unspecified atom stereocenters. The van der Waals surface area contributed by atoms with Crippen molar-refractivity contribution in [2.75, 3.05) is 0 Å². The topological polar surface area (TPSA) is 254 Å². The second kappa shape index (κ2) is 15.2. The summed E-state index contributed by atoms with van der Waals surface area (Å²) in [6, 6.07) is -5.26. The van der Waals surface area contributed by atoms with Crippen molar-refractivity contribution in [1.82, 2.24) is 25.9 Å². The lowest BCUT2D eigenvalue weighted by Gasteiger charge is -2.25. The summed E-state index contributed by atoms with van der Waals surface area (Å²) >= 11 is 0. The van der Waals surface area contributed by atoms with Crippen molar-refractivity contribution < 1.29 is 44.1 Å². The molecule has 15 nitrogen and oxygen atoms in total. The predicted molar refractivity (Wildman–Crippen MR) is 127 cm³/mol. The highest BCUT2D eigenvalue weighted by Gasteiger charge is 2.31. The number of amides is 3. The van der Waals surface area contributed by atoms with E-state index in [1.807, 2.05) is 0 Å². The molecule has 0 bridgehead atoms. The Bertz CT molecular complexity index is 950. The fourth-order valence-corrected chi connectivity index (χ4v) is 3.32. The molecule has 3 amide bonds. The van der Waals surface area contributed by atoms with Crippen LogP contribution >= 0.6 is 0 Å². The molecule has 0 aliphatic heterocycles. The van der Waals surface area contributed by atoms with Gasteiger partial charge in [-0.2, -0.15) is 0 Å². The summed E-state index contributed by atoms with van der Waals surface area (Å²) in [5.41, 5.74) is 6.42.